The minimum absolute atomic E-state index is 0.358. The van der Waals surface area contributed by atoms with Crippen LogP contribution in [0.1, 0.15) is 18.1 Å². The number of ether oxygens (including phenoxy) is 1. The molecular weight excluding hydrogens is 240 g/mol. The van der Waals surface area contributed by atoms with Crippen molar-refractivity contribution in [2.75, 3.05) is 6.61 Å². The first kappa shape index (κ1) is 13.1. The molecule has 0 aliphatic carbocycles. The molecule has 0 atom stereocenters. The van der Waals surface area contributed by atoms with Gasteiger partial charge in [0.1, 0.15) is 0 Å². The molecule has 0 spiro atoms. The Morgan fingerprint density at radius 3 is 2.68 bits per heavy atom. The Labute approximate surface area is 112 Å². The van der Waals surface area contributed by atoms with Crippen molar-refractivity contribution in [1.29, 1.82) is 0 Å². The van der Waals surface area contributed by atoms with Crippen LogP contribution in [0.25, 0.3) is 5.57 Å². The van der Waals surface area contributed by atoms with Gasteiger partial charge in [-0.15, -0.1) is 0 Å². The van der Waals surface area contributed by atoms with Gasteiger partial charge in [-0.2, -0.15) is 0 Å². The fraction of sp³-hybridized carbons (Fsp3) is 0.200. The number of carbonyl (C=O) groups is 1. The maximum absolute atomic E-state index is 11.6. The second-order valence-electron chi connectivity index (χ2n) is 4.13. The normalized spacial score (nSPS) is 10.2. The molecule has 0 radical (unpaired) electrons. The van der Waals surface area contributed by atoms with Gasteiger partial charge in [0, 0.05) is 18.9 Å². The minimum atomic E-state index is -0.371. The summed E-state index contributed by atoms with van der Waals surface area (Å²) in [6.45, 7) is 6.65. The van der Waals surface area contributed by atoms with Crippen LogP contribution in [0.15, 0.2) is 49.6 Å². The molecule has 1 aromatic carbocycles. The summed E-state index contributed by atoms with van der Waals surface area (Å²) in [5, 5.41) is 0. The van der Waals surface area contributed by atoms with Gasteiger partial charge in [0.05, 0.1) is 18.5 Å². The average molecular weight is 256 g/mol. The van der Waals surface area contributed by atoms with Crippen LogP contribution in [0.2, 0.25) is 0 Å². The Morgan fingerprint density at radius 1 is 1.37 bits per heavy atom. The quantitative estimate of drug-likeness (QED) is 0.610. The zero-order valence-corrected chi connectivity index (χ0v) is 10.9. The van der Waals surface area contributed by atoms with E-state index in [2.05, 4.69) is 11.6 Å². The lowest BCUT2D eigenvalue weighted by molar-refractivity contribution is -0.136. The van der Waals surface area contributed by atoms with Crippen molar-refractivity contribution in [2.45, 2.75) is 13.5 Å². The average Bonchev–Trinajstić information content (AvgIpc) is 2.92. The first-order valence-corrected chi connectivity index (χ1v) is 6.11. The van der Waals surface area contributed by atoms with Gasteiger partial charge >= 0.3 is 5.97 Å². The molecule has 4 nitrogen and oxygen atoms in total. The third-order valence-electron chi connectivity index (χ3n) is 2.75. The molecule has 0 N–H and O–H groups in total. The molecule has 0 aliphatic rings. The van der Waals surface area contributed by atoms with Crippen LogP contribution in [0.3, 0.4) is 0 Å². The monoisotopic (exact) mass is 256 g/mol. The number of benzene rings is 1. The van der Waals surface area contributed by atoms with Crippen LogP contribution in [0.4, 0.5) is 0 Å². The van der Waals surface area contributed by atoms with Crippen molar-refractivity contribution < 1.29 is 9.53 Å². The summed E-state index contributed by atoms with van der Waals surface area (Å²) in [6.07, 6.45) is 5.42. The van der Waals surface area contributed by atoms with E-state index in [-0.39, 0.29) is 5.97 Å². The Hall–Kier alpha value is -2.36. The third-order valence-corrected chi connectivity index (χ3v) is 2.75. The summed E-state index contributed by atoms with van der Waals surface area (Å²) in [4.78, 5) is 15.5. The number of esters is 1. The van der Waals surface area contributed by atoms with Crippen molar-refractivity contribution in [3.8, 4) is 0 Å². The van der Waals surface area contributed by atoms with Gasteiger partial charge < -0.3 is 9.30 Å². The molecule has 0 fully saturated rings. The summed E-state index contributed by atoms with van der Waals surface area (Å²) in [5.74, 6) is -0.371. The highest BCUT2D eigenvalue weighted by molar-refractivity contribution is 6.15. The van der Waals surface area contributed by atoms with E-state index < -0.39 is 0 Å². The highest BCUT2D eigenvalue weighted by Gasteiger charge is 2.09. The fourth-order valence-electron chi connectivity index (χ4n) is 1.74. The maximum atomic E-state index is 11.6. The van der Waals surface area contributed by atoms with Crippen LogP contribution in [-0.2, 0) is 16.1 Å². The van der Waals surface area contributed by atoms with Crippen molar-refractivity contribution in [3.05, 3.63) is 60.7 Å². The van der Waals surface area contributed by atoms with Crippen LogP contribution in [0.5, 0.6) is 0 Å². The molecule has 0 saturated heterocycles. The predicted octanol–water partition coefficient (Wildman–Crippen LogP) is 2.51. The first-order chi connectivity index (χ1) is 9.20. The van der Waals surface area contributed by atoms with Crippen LogP contribution in [-0.4, -0.2) is 22.1 Å². The SMILES string of the molecule is C=C(C(=O)OCC)c1ccc(Cn2ccnc2)cc1. The highest BCUT2D eigenvalue weighted by atomic mass is 16.5. The molecule has 2 rings (SSSR count). The fourth-order valence-corrected chi connectivity index (χ4v) is 1.74. The van der Waals surface area contributed by atoms with Gasteiger partial charge in [-0.1, -0.05) is 30.8 Å². The Morgan fingerprint density at radius 2 is 2.11 bits per heavy atom. The Kier molecular flexibility index (Phi) is 4.13. The molecule has 0 bridgehead atoms. The summed E-state index contributed by atoms with van der Waals surface area (Å²) in [6, 6.07) is 7.70. The maximum Gasteiger partial charge on any atom is 0.338 e. The van der Waals surface area contributed by atoms with Crippen molar-refractivity contribution >= 4 is 11.5 Å². The second-order valence-corrected chi connectivity index (χ2v) is 4.13. The standard InChI is InChI=1S/C15H16N2O2/c1-3-19-15(18)12(2)14-6-4-13(5-7-14)10-17-9-8-16-11-17/h4-9,11H,2-3,10H2,1H3. The lowest BCUT2D eigenvalue weighted by Crippen LogP contribution is -2.06. The lowest BCUT2D eigenvalue weighted by atomic mass is 10.1. The van der Waals surface area contributed by atoms with Crippen molar-refractivity contribution in [3.63, 3.8) is 0 Å². The number of hydrogen-bond acceptors (Lipinski definition) is 3. The number of carbonyl (C=O) groups excluding carboxylic acids is 1. The number of hydrogen-bond donors (Lipinski definition) is 0. The van der Waals surface area contributed by atoms with Gasteiger partial charge in [0.25, 0.3) is 0 Å². The Bertz CT molecular complexity index is 556. The summed E-state index contributed by atoms with van der Waals surface area (Å²) < 4.78 is 6.90. The van der Waals surface area contributed by atoms with E-state index in [4.69, 9.17) is 4.74 Å². The first-order valence-electron chi connectivity index (χ1n) is 6.11. The summed E-state index contributed by atoms with van der Waals surface area (Å²) in [5.41, 5.74) is 2.31. The van der Waals surface area contributed by atoms with E-state index in [9.17, 15) is 4.79 Å². The molecular formula is C15H16N2O2. The minimum Gasteiger partial charge on any atom is -0.462 e. The van der Waals surface area contributed by atoms with E-state index in [1.54, 1.807) is 19.4 Å². The number of aromatic nitrogens is 2. The molecule has 0 aliphatic heterocycles. The molecule has 0 saturated carbocycles. The number of imidazole rings is 1. The molecule has 0 amide bonds. The van der Waals surface area contributed by atoms with Gasteiger partial charge in [-0.3, -0.25) is 0 Å². The van der Waals surface area contributed by atoms with Gasteiger partial charge in [-0.05, 0) is 18.1 Å². The molecule has 4 heteroatoms. The zero-order chi connectivity index (χ0) is 13.7. The highest BCUT2D eigenvalue weighted by Crippen LogP contribution is 2.15. The van der Waals surface area contributed by atoms with E-state index >= 15 is 0 Å². The molecule has 19 heavy (non-hydrogen) atoms. The molecule has 1 aromatic heterocycles. The van der Waals surface area contributed by atoms with Crippen LogP contribution < -0.4 is 0 Å². The molecule has 98 valence electrons. The third kappa shape index (κ3) is 3.31. The second kappa shape index (κ2) is 6.00. The number of rotatable bonds is 5. The van der Waals surface area contributed by atoms with Gasteiger partial charge in [0.15, 0.2) is 0 Å². The largest absolute Gasteiger partial charge is 0.462 e. The van der Waals surface area contributed by atoms with Crippen molar-refractivity contribution in [1.82, 2.24) is 9.55 Å². The zero-order valence-electron chi connectivity index (χ0n) is 10.9. The van der Waals surface area contributed by atoms with E-state index in [0.29, 0.717) is 12.2 Å². The van der Waals surface area contributed by atoms with E-state index in [1.165, 1.54) is 0 Å². The predicted molar refractivity (Wildman–Crippen MR) is 73.4 cm³/mol. The van der Waals surface area contributed by atoms with Gasteiger partial charge in [-0.25, -0.2) is 9.78 Å². The molecule has 2 aromatic rings. The van der Waals surface area contributed by atoms with Crippen LogP contribution in [0, 0.1) is 0 Å². The summed E-state index contributed by atoms with van der Waals surface area (Å²) >= 11 is 0. The van der Waals surface area contributed by atoms with E-state index in [1.807, 2.05) is 35.0 Å². The van der Waals surface area contributed by atoms with Crippen LogP contribution >= 0.6 is 0 Å². The molecule has 0 unspecified atom stereocenters. The number of nitrogens with zero attached hydrogens (tertiary/aromatic N) is 2. The molecule has 1 heterocycles. The lowest BCUT2D eigenvalue weighted by Gasteiger charge is -2.07. The van der Waals surface area contributed by atoms with E-state index in [0.717, 1.165) is 17.7 Å². The Balaban J connectivity index is 2.06. The summed E-state index contributed by atoms with van der Waals surface area (Å²) in [7, 11) is 0. The van der Waals surface area contributed by atoms with Gasteiger partial charge in [0.2, 0.25) is 0 Å². The topological polar surface area (TPSA) is 44.1 Å². The smallest absolute Gasteiger partial charge is 0.338 e. The van der Waals surface area contributed by atoms with Crippen molar-refractivity contribution in [2.24, 2.45) is 0 Å².